The number of hydrogen-bond acceptors (Lipinski definition) is 2. The maximum atomic E-state index is 3.33. The molecule has 8 heavy (non-hydrogen) atoms. The van der Waals surface area contributed by atoms with Crippen molar-refractivity contribution in [1.82, 2.24) is 5.32 Å². The van der Waals surface area contributed by atoms with E-state index in [0.29, 0.717) is 6.04 Å². The van der Waals surface area contributed by atoms with Crippen molar-refractivity contribution in [3.05, 3.63) is 0 Å². The summed E-state index contributed by atoms with van der Waals surface area (Å²) in [6.07, 6.45) is 2.13. The lowest BCUT2D eigenvalue weighted by Crippen LogP contribution is -2.27. The summed E-state index contributed by atoms with van der Waals surface area (Å²) in [6.45, 7) is 5.43. The molecule has 50 valence electrons. The van der Waals surface area contributed by atoms with Crippen LogP contribution in [0.25, 0.3) is 0 Å². The van der Waals surface area contributed by atoms with Crippen molar-refractivity contribution in [2.45, 2.75) is 19.9 Å². The minimum absolute atomic E-state index is 0.676. The van der Waals surface area contributed by atoms with Gasteiger partial charge in [0.1, 0.15) is 0 Å². The molecule has 1 atom stereocenters. The summed E-state index contributed by atoms with van der Waals surface area (Å²) < 4.78 is 0. The Kier molecular flexibility index (Phi) is 5.66. The lowest BCUT2D eigenvalue weighted by atomic mass is 10.4. The second kappa shape index (κ2) is 5.45. The molecule has 0 heterocycles. The zero-order chi connectivity index (χ0) is 6.41. The Bertz CT molecular complexity index is 41.8. The molecule has 1 unspecified atom stereocenters. The van der Waals surface area contributed by atoms with Crippen LogP contribution in [0.5, 0.6) is 0 Å². The standard InChI is InChI=1S/C6H15NS/c1-4-7-6(2)5-8-3/h6-7H,4-5H2,1-3H3. The van der Waals surface area contributed by atoms with Crippen molar-refractivity contribution in [2.24, 2.45) is 0 Å². The number of thioether (sulfide) groups is 1. The predicted octanol–water partition coefficient (Wildman–Crippen LogP) is 1.35. The quantitative estimate of drug-likeness (QED) is 0.621. The third kappa shape index (κ3) is 4.47. The molecule has 0 aliphatic carbocycles. The first-order chi connectivity index (χ1) is 3.81. The van der Waals surface area contributed by atoms with Crippen LogP contribution in [0, 0.1) is 0 Å². The maximum Gasteiger partial charge on any atom is 0.0129 e. The van der Waals surface area contributed by atoms with E-state index in [-0.39, 0.29) is 0 Å². The second-order valence-electron chi connectivity index (χ2n) is 1.91. The average molecular weight is 133 g/mol. The Morgan fingerprint density at radius 3 is 2.62 bits per heavy atom. The summed E-state index contributed by atoms with van der Waals surface area (Å²) in [4.78, 5) is 0. The lowest BCUT2D eigenvalue weighted by molar-refractivity contribution is 0.620. The molecular weight excluding hydrogens is 118 g/mol. The van der Waals surface area contributed by atoms with Gasteiger partial charge in [-0.2, -0.15) is 11.8 Å². The maximum absolute atomic E-state index is 3.33. The molecule has 0 bridgehead atoms. The summed E-state index contributed by atoms with van der Waals surface area (Å²) in [5.41, 5.74) is 0. The van der Waals surface area contributed by atoms with E-state index in [9.17, 15) is 0 Å². The smallest absolute Gasteiger partial charge is 0.0129 e. The molecule has 0 amide bonds. The molecule has 1 N–H and O–H groups in total. The molecule has 0 rings (SSSR count). The van der Waals surface area contributed by atoms with E-state index in [0.717, 1.165) is 6.54 Å². The van der Waals surface area contributed by atoms with Crippen molar-refractivity contribution < 1.29 is 0 Å². The van der Waals surface area contributed by atoms with Crippen LogP contribution in [-0.2, 0) is 0 Å². The van der Waals surface area contributed by atoms with Gasteiger partial charge in [-0.3, -0.25) is 0 Å². The number of hydrogen-bond donors (Lipinski definition) is 1. The summed E-state index contributed by atoms with van der Waals surface area (Å²) >= 11 is 1.89. The Morgan fingerprint density at radius 2 is 2.25 bits per heavy atom. The predicted molar refractivity (Wildman–Crippen MR) is 41.5 cm³/mol. The van der Waals surface area contributed by atoms with Crippen molar-refractivity contribution in [2.75, 3.05) is 18.6 Å². The molecule has 2 heteroatoms. The van der Waals surface area contributed by atoms with E-state index < -0.39 is 0 Å². The average Bonchev–Trinajstić information content (AvgIpc) is 1.68. The van der Waals surface area contributed by atoms with E-state index in [1.807, 2.05) is 11.8 Å². The first kappa shape index (κ1) is 8.31. The fourth-order valence-corrected chi connectivity index (χ4v) is 1.28. The Hall–Kier alpha value is 0.310. The SMILES string of the molecule is CCNC(C)CSC. The summed E-state index contributed by atoms with van der Waals surface area (Å²) in [5.74, 6) is 1.22. The van der Waals surface area contributed by atoms with Gasteiger partial charge in [0.05, 0.1) is 0 Å². The van der Waals surface area contributed by atoms with Crippen LogP contribution in [0.2, 0.25) is 0 Å². The van der Waals surface area contributed by atoms with Crippen LogP contribution in [0.15, 0.2) is 0 Å². The van der Waals surface area contributed by atoms with Crippen LogP contribution >= 0.6 is 11.8 Å². The van der Waals surface area contributed by atoms with Gasteiger partial charge in [0.15, 0.2) is 0 Å². The topological polar surface area (TPSA) is 12.0 Å². The first-order valence-electron chi connectivity index (χ1n) is 3.03. The van der Waals surface area contributed by atoms with Gasteiger partial charge in [0, 0.05) is 11.8 Å². The van der Waals surface area contributed by atoms with Gasteiger partial charge in [-0.05, 0) is 19.7 Å². The summed E-state index contributed by atoms with van der Waals surface area (Å²) in [6, 6.07) is 0.676. The van der Waals surface area contributed by atoms with E-state index in [1.165, 1.54) is 5.75 Å². The zero-order valence-electron chi connectivity index (χ0n) is 5.90. The molecule has 0 aromatic rings. The summed E-state index contributed by atoms with van der Waals surface area (Å²) in [7, 11) is 0. The van der Waals surface area contributed by atoms with Gasteiger partial charge < -0.3 is 5.32 Å². The van der Waals surface area contributed by atoms with E-state index in [1.54, 1.807) is 0 Å². The largest absolute Gasteiger partial charge is 0.314 e. The van der Waals surface area contributed by atoms with Crippen LogP contribution in [0.1, 0.15) is 13.8 Å². The van der Waals surface area contributed by atoms with Gasteiger partial charge in [0.2, 0.25) is 0 Å². The highest BCUT2D eigenvalue weighted by Crippen LogP contribution is 1.94. The molecule has 0 fully saturated rings. The molecular formula is C6H15NS. The summed E-state index contributed by atoms with van der Waals surface area (Å²) in [5, 5.41) is 3.33. The zero-order valence-corrected chi connectivity index (χ0v) is 6.72. The van der Waals surface area contributed by atoms with Gasteiger partial charge in [-0.1, -0.05) is 6.92 Å². The normalized spacial score (nSPS) is 13.9. The first-order valence-corrected chi connectivity index (χ1v) is 4.43. The van der Waals surface area contributed by atoms with Crippen LogP contribution < -0.4 is 5.32 Å². The Balaban J connectivity index is 2.92. The van der Waals surface area contributed by atoms with Crippen LogP contribution in [0.3, 0.4) is 0 Å². The molecule has 0 radical (unpaired) electrons. The highest BCUT2D eigenvalue weighted by atomic mass is 32.2. The van der Waals surface area contributed by atoms with E-state index >= 15 is 0 Å². The van der Waals surface area contributed by atoms with Crippen LogP contribution in [-0.4, -0.2) is 24.6 Å². The molecule has 0 saturated heterocycles. The van der Waals surface area contributed by atoms with E-state index in [2.05, 4.69) is 25.4 Å². The number of nitrogens with one attached hydrogen (secondary N) is 1. The van der Waals surface area contributed by atoms with Gasteiger partial charge in [-0.25, -0.2) is 0 Å². The molecule has 1 nitrogen and oxygen atoms in total. The second-order valence-corrected chi connectivity index (χ2v) is 2.82. The minimum atomic E-state index is 0.676. The van der Waals surface area contributed by atoms with Gasteiger partial charge in [-0.15, -0.1) is 0 Å². The third-order valence-electron chi connectivity index (χ3n) is 0.969. The van der Waals surface area contributed by atoms with Crippen molar-refractivity contribution >= 4 is 11.8 Å². The third-order valence-corrected chi connectivity index (χ3v) is 1.80. The lowest BCUT2D eigenvalue weighted by Gasteiger charge is -2.08. The number of rotatable bonds is 4. The minimum Gasteiger partial charge on any atom is -0.314 e. The molecule has 0 aromatic carbocycles. The van der Waals surface area contributed by atoms with Gasteiger partial charge >= 0.3 is 0 Å². The fourth-order valence-electron chi connectivity index (χ4n) is 0.657. The highest BCUT2D eigenvalue weighted by molar-refractivity contribution is 7.98. The van der Waals surface area contributed by atoms with Gasteiger partial charge in [0.25, 0.3) is 0 Å². The van der Waals surface area contributed by atoms with Crippen molar-refractivity contribution in [3.8, 4) is 0 Å². The monoisotopic (exact) mass is 133 g/mol. The molecule has 0 spiro atoms. The van der Waals surface area contributed by atoms with Crippen LogP contribution in [0.4, 0.5) is 0 Å². The van der Waals surface area contributed by atoms with Crippen molar-refractivity contribution in [1.29, 1.82) is 0 Å². The fraction of sp³-hybridized carbons (Fsp3) is 1.00. The van der Waals surface area contributed by atoms with E-state index in [4.69, 9.17) is 0 Å². The molecule has 0 aliphatic heterocycles. The Morgan fingerprint density at radius 1 is 1.62 bits per heavy atom. The molecule has 0 saturated carbocycles. The van der Waals surface area contributed by atoms with Crippen molar-refractivity contribution in [3.63, 3.8) is 0 Å². The highest BCUT2D eigenvalue weighted by Gasteiger charge is 1.94. The molecule has 0 aliphatic rings. The molecule has 0 aromatic heterocycles. The Labute approximate surface area is 56.2 Å².